The summed E-state index contributed by atoms with van der Waals surface area (Å²) in [5.74, 6) is 5.38. The lowest BCUT2D eigenvalue weighted by Gasteiger charge is -2.33. The topological polar surface area (TPSA) is 47.3 Å². The molecule has 2 unspecified atom stereocenters. The molecule has 0 amide bonds. The normalized spacial score (nSPS) is 25.3. The first kappa shape index (κ1) is 13.9. The Bertz CT molecular complexity index is 401. The van der Waals surface area contributed by atoms with Crippen LogP contribution in [0.2, 0.25) is 0 Å². The van der Waals surface area contributed by atoms with Crippen molar-refractivity contribution in [3.8, 4) is 0 Å². The Morgan fingerprint density at radius 2 is 2.33 bits per heavy atom. The molecule has 2 atom stereocenters. The second-order valence-electron chi connectivity index (χ2n) is 4.97. The van der Waals surface area contributed by atoms with Crippen molar-refractivity contribution in [3.63, 3.8) is 0 Å². The van der Waals surface area contributed by atoms with Gasteiger partial charge in [0.05, 0.1) is 11.6 Å². The fourth-order valence-corrected chi connectivity index (χ4v) is 3.00. The fourth-order valence-electron chi connectivity index (χ4n) is 2.49. The third-order valence-electron chi connectivity index (χ3n) is 3.55. The van der Waals surface area contributed by atoms with Gasteiger partial charge >= 0.3 is 0 Å². The van der Waals surface area contributed by atoms with E-state index in [2.05, 4.69) is 28.3 Å². The van der Waals surface area contributed by atoms with Crippen LogP contribution in [0.5, 0.6) is 0 Å². The minimum Gasteiger partial charge on any atom is -0.374 e. The van der Waals surface area contributed by atoms with Gasteiger partial charge in [0.1, 0.15) is 5.82 Å². The van der Waals surface area contributed by atoms with Gasteiger partial charge in [-0.05, 0) is 49.9 Å². The third-order valence-corrected chi connectivity index (χ3v) is 4.01. The first-order valence-corrected chi connectivity index (χ1v) is 6.88. The number of halogens is 2. The average Bonchev–Trinajstić information content (AvgIpc) is 2.72. The van der Waals surface area contributed by atoms with Crippen LogP contribution in [0.25, 0.3) is 0 Å². The summed E-state index contributed by atoms with van der Waals surface area (Å²) in [6.45, 7) is 2.82. The van der Waals surface area contributed by atoms with Gasteiger partial charge in [0.2, 0.25) is 0 Å². The van der Waals surface area contributed by atoms with Gasteiger partial charge in [0.15, 0.2) is 0 Å². The van der Waals surface area contributed by atoms with E-state index >= 15 is 0 Å². The van der Waals surface area contributed by atoms with Crippen LogP contribution in [-0.2, 0) is 11.2 Å². The van der Waals surface area contributed by atoms with E-state index in [1.807, 2.05) is 6.07 Å². The molecule has 1 aromatic carbocycles. The zero-order valence-electron chi connectivity index (χ0n) is 10.4. The van der Waals surface area contributed by atoms with Crippen molar-refractivity contribution in [2.24, 2.45) is 5.84 Å². The number of hydrogen-bond acceptors (Lipinski definition) is 3. The minimum atomic E-state index is -0.270. The Labute approximate surface area is 115 Å². The highest BCUT2D eigenvalue weighted by Crippen LogP contribution is 2.30. The Morgan fingerprint density at radius 3 is 2.89 bits per heavy atom. The van der Waals surface area contributed by atoms with Crippen molar-refractivity contribution >= 4 is 15.9 Å². The molecule has 0 aliphatic carbocycles. The van der Waals surface area contributed by atoms with Crippen LogP contribution in [0, 0.1) is 5.82 Å². The minimum absolute atomic E-state index is 0.0197. The van der Waals surface area contributed by atoms with E-state index in [1.165, 1.54) is 12.1 Å². The molecule has 1 saturated heterocycles. The van der Waals surface area contributed by atoms with Crippen molar-refractivity contribution in [1.82, 2.24) is 5.43 Å². The van der Waals surface area contributed by atoms with Gasteiger partial charge in [-0.25, -0.2) is 4.39 Å². The molecule has 1 aliphatic heterocycles. The summed E-state index contributed by atoms with van der Waals surface area (Å²) in [5, 5.41) is 0. The summed E-state index contributed by atoms with van der Waals surface area (Å²) in [6, 6.07) is 4.87. The maximum absolute atomic E-state index is 13.3. The second-order valence-corrected chi connectivity index (χ2v) is 5.88. The lowest BCUT2D eigenvalue weighted by atomic mass is 9.89. The monoisotopic (exact) mass is 316 g/mol. The maximum atomic E-state index is 13.3. The van der Waals surface area contributed by atoms with Gasteiger partial charge in [-0.2, -0.15) is 0 Å². The van der Waals surface area contributed by atoms with Crippen LogP contribution in [0.3, 0.4) is 0 Å². The summed E-state index contributed by atoms with van der Waals surface area (Å²) in [5.41, 5.74) is 3.44. The highest BCUT2D eigenvalue weighted by atomic mass is 79.9. The zero-order chi connectivity index (χ0) is 13.2. The number of rotatable bonds is 4. The van der Waals surface area contributed by atoms with Crippen LogP contribution in [-0.4, -0.2) is 18.2 Å². The van der Waals surface area contributed by atoms with Gasteiger partial charge in [0, 0.05) is 11.1 Å². The van der Waals surface area contributed by atoms with E-state index in [0.29, 0.717) is 6.42 Å². The van der Waals surface area contributed by atoms with Gasteiger partial charge in [-0.1, -0.05) is 15.9 Å². The molecule has 1 heterocycles. The molecule has 5 heteroatoms. The van der Waals surface area contributed by atoms with Crippen molar-refractivity contribution in [2.45, 2.75) is 37.8 Å². The second kappa shape index (κ2) is 5.65. The number of hydrogen-bond donors (Lipinski definition) is 2. The molecule has 100 valence electrons. The van der Waals surface area contributed by atoms with Gasteiger partial charge in [0.25, 0.3) is 0 Å². The third kappa shape index (κ3) is 3.09. The number of hydrazine groups is 1. The van der Waals surface area contributed by atoms with E-state index in [9.17, 15) is 4.39 Å². The molecule has 2 rings (SSSR count). The molecule has 3 N–H and O–H groups in total. The van der Waals surface area contributed by atoms with E-state index in [-0.39, 0.29) is 17.5 Å². The Balaban J connectivity index is 2.14. The molecule has 0 bridgehead atoms. The van der Waals surface area contributed by atoms with Gasteiger partial charge < -0.3 is 4.74 Å². The quantitative estimate of drug-likeness (QED) is 0.663. The van der Waals surface area contributed by atoms with Crippen molar-refractivity contribution in [2.75, 3.05) is 6.61 Å². The van der Waals surface area contributed by atoms with Crippen LogP contribution in [0.1, 0.15) is 25.3 Å². The zero-order valence-corrected chi connectivity index (χ0v) is 12.0. The van der Waals surface area contributed by atoms with E-state index in [1.54, 1.807) is 0 Å². The summed E-state index contributed by atoms with van der Waals surface area (Å²) >= 11 is 3.30. The molecule has 1 fully saturated rings. The molecule has 0 spiro atoms. The number of nitrogens with two attached hydrogens (primary N) is 1. The van der Waals surface area contributed by atoms with E-state index < -0.39 is 0 Å². The Kier molecular flexibility index (Phi) is 4.37. The SMILES string of the molecule is CC1(C(Cc2cc(F)cc(Br)c2)NN)CCCO1. The van der Waals surface area contributed by atoms with Crippen molar-refractivity contribution < 1.29 is 9.13 Å². The lowest BCUT2D eigenvalue weighted by molar-refractivity contribution is -0.0115. The van der Waals surface area contributed by atoms with Crippen molar-refractivity contribution in [1.29, 1.82) is 0 Å². The summed E-state index contributed by atoms with van der Waals surface area (Å²) in [6.07, 6.45) is 2.66. The molecule has 18 heavy (non-hydrogen) atoms. The molecule has 1 aromatic rings. The van der Waals surface area contributed by atoms with Crippen molar-refractivity contribution in [3.05, 3.63) is 34.1 Å². The lowest BCUT2D eigenvalue weighted by Crippen LogP contribution is -2.52. The molecule has 0 aromatic heterocycles. The average molecular weight is 317 g/mol. The first-order chi connectivity index (χ1) is 8.53. The number of nitrogens with one attached hydrogen (secondary N) is 1. The molecular weight excluding hydrogens is 299 g/mol. The summed E-state index contributed by atoms with van der Waals surface area (Å²) in [4.78, 5) is 0. The largest absolute Gasteiger partial charge is 0.374 e. The van der Waals surface area contributed by atoms with Crippen LogP contribution in [0.4, 0.5) is 4.39 Å². The Morgan fingerprint density at radius 1 is 1.56 bits per heavy atom. The van der Waals surface area contributed by atoms with Crippen LogP contribution < -0.4 is 11.3 Å². The van der Waals surface area contributed by atoms with E-state index in [0.717, 1.165) is 29.5 Å². The number of benzene rings is 1. The van der Waals surface area contributed by atoms with Gasteiger partial charge in [-0.3, -0.25) is 11.3 Å². The fraction of sp³-hybridized carbons (Fsp3) is 0.538. The molecule has 3 nitrogen and oxygen atoms in total. The predicted octanol–water partition coefficient (Wildman–Crippen LogP) is 2.53. The molecule has 0 saturated carbocycles. The summed E-state index contributed by atoms with van der Waals surface area (Å²) in [7, 11) is 0. The first-order valence-electron chi connectivity index (χ1n) is 6.08. The van der Waals surface area contributed by atoms with Crippen LogP contribution in [0.15, 0.2) is 22.7 Å². The standard InChI is InChI=1S/C13H18BrFN2O/c1-13(3-2-4-18-13)12(17-16)7-9-5-10(14)8-11(15)6-9/h5-6,8,12,17H,2-4,7,16H2,1H3. The van der Waals surface area contributed by atoms with Crippen LogP contribution >= 0.6 is 15.9 Å². The molecule has 1 aliphatic rings. The van der Waals surface area contributed by atoms with E-state index in [4.69, 9.17) is 10.6 Å². The predicted molar refractivity (Wildman–Crippen MR) is 72.5 cm³/mol. The summed E-state index contributed by atoms with van der Waals surface area (Å²) < 4.78 is 19.9. The maximum Gasteiger partial charge on any atom is 0.124 e. The number of ether oxygens (including phenoxy) is 1. The smallest absolute Gasteiger partial charge is 0.124 e. The highest BCUT2D eigenvalue weighted by Gasteiger charge is 2.37. The molecule has 0 radical (unpaired) electrons. The highest BCUT2D eigenvalue weighted by molar-refractivity contribution is 9.10. The Hall–Kier alpha value is -0.490. The molecular formula is C13H18BrFN2O. The van der Waals surface area contributed by atoms with Gasteiger partial charge in [-0.15, -0.1) is 0 Å².